The Morgan fingerprint density at radius 1 is 0.852 bits per heavy atom. The fraction of sp³-hybridized carbons (Fsp3) is 0.368. The van der Waals surface area contributed by atoms with Gasteiger partial charge in [0.1, 0.15) is 0 Å². The number of rotatable bonds is 6. The summed E-state index contributed by atoms with van der Waals surface area (Å²) in [5, 5.41) is 0. The van der Waals surface area contributed by atoms with Gasteiger partial charge in [-0.1, -0.05) is 32.0 Å². The SMILES string of the molecule is Cc1cc(C)c(S(=O)(=O)Nc2ccc(C(C)C)cc2)c(C)c1NS(C)(=O)=O. The Bertz CT molecular complexity index is 1060. The average Bonchev–Trinajstić information content (AvgIpc) is 2.50. The number of hydrogen-bond acceptors (Lipinski definition) is 4. The number of hydrogen-bond donors (Lipinski definition) is 2. The molecule has 0 aromatic heterocycles. The molecule has 2 rings (SSSR count). The van der Waals surface area contributed by atoms with Gasteiger partial charge < -0.3 is 0 Å². The topological polar surface area (TPSA) is 92.3 Å². The van der Waals surface area contributed by atoms with Gasteiger partial charge in [-0.25, -0.2) is 16.8 Å². The zero-order valence-electron chi connectivity index (χ0n) is 16.4. The second-order valence-electron chi connectivity index (χ2n) is 7.10. The molecule has 2 aromatic carbocycles. The van der Waals surface area contributed by atoms with Gasteiger partial charge >= 0.3 is 0 Å². The maximum atomic E-state index is 13.0. The zero-order valence-corrected chi connectivity index (χ0v) is 18.0. The first kappa shape index (κ1) is 21.2. The molecule has 2 N–H and O–H groups in total. The van der Waals surface area contributed by atoms with E-state index in [1.54, 1.807) is 39.0 Å². The highest BCUT2D eigenvalue weighted by atomic mass is 32.2. The lowest BCUT2D eigenvalue weighted by Gasteiger charge is -2.19. The van der Waals surface area contributed by atoms with Gasteiger partial charge in [0.05, 0.1) is 16.8 Å². The Balaban J connectivity index is 2.50. The number of aryl methyl sites for hydroxylation is 2. The first-order valence-corrected chi connectivity index (χ1v) is 11.9. The standard InChI is InChI=1S/C19H26N2O4S2/c1-12(2)16-7-9-17(10-8-16)20-27(24,25)19-14(4)11-13(3)18(15(19)5)21-26(6,22)23/h7-12,20-21H,1-6H3. The van der Waals surface area contributed by atoms with E-state index in [1.807, 2.05) is 12.1 Å². The van der Waals surface area contributed by atoms with Gasteiger partial charge in [-0.3, -0.25) is 9.44 Å². The Morgan fingerprint density at radius 2 is 1.41 bits per heavy atom. The van der Waals surface area contributed by atoms with Crippen LogP contribution in [0.4, 0.5) is 11.4 Å². The molecule has 0 saturated carbocycles. The number of anilines is 2. The van der Waals surface area contributed by atoms with E-state index >= 15 is 0 Å². The van der Waals surface area contributed by atoms with Crippen molar-refractivity contribution in [2.24, 2.45) is 0 Å². The Labute approximate surface area is 162 Å². The molecular formula is C19H26N2O4S2. The van der Waals surface area contributed by atoms with Crippen molar-refractivity contribution in [2.75, 3.05) is 15.7 Å². The molecule has 0 aliphatic carbocycles. The quantitative estimate of drug-likeness (QED) is 0.755. The van der Waals surface area contributed by atoms with E-state index in [2.05, 4.69) is 23.3 Å². The first-order chi connectivity index (χ1) is 12.3. The predicted molar refractivity (Wildman–Crippen MR) is 110 cm³/mol. The summed E-state index contributed by atoms with van der Waals surface area (Å²) in [6.45, 7) is 9.16. The second kappa shape index (κ2) is 7.52. The summed E-state index contributed by atoms with van der Waals surface area (Å²) >= 11 is 0. The van der Waals surface area contributed by atoms with Crippen LogP contribution in [0.3, 0.4) is 0 Å². The van der Waals surface area contributed by atoms with Crippen molar-refractivity contribution in [2.45, 2.75) is 45.4 Å². The average molecular weight is 411 g/mol. The van der Waals surface area contributed by atoms with Crippen molar-refractivity contribution in [3.05, 3.63) is 52.6 Å². The van der Waals surface area contributed by atoms with Crippen LogP contribution in [0.1, 0.15) is 42.0 Å². The summed E-state index contributed by atoms with van der Waals surface area (Å²) in [6.07, 6.45) is 1.04. The molecule has 148 valence electrons. The Kier molecular flexibility index (Phi) is 5.91. The molecule has 0 atom stereocenters. The number of nitrogens with one attached hydrogen (secondary N) is 2. The number of benzene rings is 2. The molecule has 0 saturated heterocycles. The van der Waals surface area contributed by atoms with Crippen LogP contribution in [-0.4, -0.2) is 23.1 Å². The Hall–Kier alpha value is -2.06. The van der Waals surface area contributed by atoms with E-state index in [-0.39, 0.29) is 4.90 Å². The monoisotopic (exact) mass is 410 g/mol. The summed E-state index contributed by atoms with van der Waals surface area (Å²) in [4.78, 5) is 0.0761. The van der Waals surface area contributed by atoms with Gasteiger partial charge in [0.25, 0.3) is 10.0 Å². The summed E-state index contributed by atoms with van der Waals surface area (Å²) in [5.41, 5.74) is 3.44. The maximum Gasteiger partial charge on any atom is 0.262 e. The van der Waals surface area contributed by atoms with Gasteiger partial charge in [-0.15, -0.1) is 0 Å². The zero-order chi connectivity index (χ0) is 20.6. The van der Waals surface area contributed by atoms with Crippen LogP contribution < -0.4 is 9.44 Å². The third kappa shape index (κ3) is 5.01. The summed E-state index contributed by atoms with van der Waals surface area (Å²) < 4.78 is 54.3. The highest BCUT2D eigenvalue weighted by Gasteiger charge is 2.24. The van der Waals surface area contributed by atoms with Gasteiger partial charge in [-0.05, 0) is 61.1 Å². The minimum absolute atomic E-state index is 0.0761. The van der Waals surface area contributed by atoms with Crippen LogP contribution in [0.5, 0.6) is 0 Å². The van der Waals surface area contributed by atoms with E-state index in [1.165, 1.54) is 0 Å². The molecule has 6 nitrogen and oxygen atoms in total. The van der Waals surface area contributed by atoms with Crippen molar-refractivity contribution < 1.29 is 16.8 Å². The third-order valence-electron chi connectivity index (χ3n) is 4.29. The summed E-state index contributed by atoms with van der Waals surface area (Å²) in [5.74, 6) is 0.349. The van der Waals surface area contributed by atoms with Crippen LogP contribution in [0.2, 0.25) is 0 Å². The van der Waals surface area contributed by atoms with Gasteiger partial charge in [0.2, 0.25) is 10.0 Å². The molecule has 0 amide bonds. The summed E-state index contributed by atoms with van der Waals surface area (Å²) in [7, 11) is -7.42. The first-order valence-electron chi connectivity index (χ1n) is 8.53. The third-order valence-corrected chi connectivity index (χ3v) is 6.53. The molecule has 0 aliphatic heterocycles. The van der Waals surface area contributed by atoms with Crippen molar-refractivity contribution >= 4 is 31.4 Å². The van der Waals surface area contributed by atoms with E-state index in [0.29, 0.717) is 34.0 Å². The van der Waals surface area contributed by atoms with E-state index < -0.39 is 20.0 Å². The van der Waals surface area contributed by atoms with Crippen molar-refractivity contribution in [3.63, 3.8) is 0 Å². The van der Waals surface area contributed by atoms with E-state index in [4.69, 9.17) is 0 Å². The minimum Gasteiger partial charge on any atom is -0.283 e. The van der Waals surface area contributed by atoms with Crippen molar-refractivity contribution in [3.8, 4) is 0 Å². The van der Waals surface area contributed by atoms with Crippen LogP contribution >= 0.6 is 0 Å². The van der Waals surface area contributed by atoms with Gasteiger partial charge in [0.15, 0.2) is 0 Å². The molecule has 0 unspecified atom stereocenters. The van der Waals surface area contributed by atoms with Crippen LogP contribution in [-0.2, 0) is 20.0 Å². The molecule has 2 aromatic rings. The molecule has 0 radical (unpaired) electrons. The molecule has 27 heavy (non-hydrogen) atoms. The normalized spacial score (nSPS) is 12.3. The molecular weight excluding hydrogens is 384 g/mol. The lowest BCUT2D eigenvalue weighted by atomic mass is 10.0. The molecule has 8 heteroatoms. The van der Waals surface area contributed by atoms with Crippen LogP contribution in [0, 0.1) is 20.8 Å². The predicted octanol–water partition coefficient (Wildman–Crippen LogP) is 3.91. The Morgan fingerprint density at radius 3 is 1.89 bits per heavy atom. The number of sulfonamides is 2. The molecule has 0 heterocycles. The van der Waals surface area contributed by atoms with Gasteiger partial charge in [-0.2, -0.15) is 0 Å². The highest BCUT2D eigenvalue weighted by molar-refractivity contribution is 7.93. The van der Waals surface area contributed by atoms with Crippen LogP contribution in [0.15, 0.2) is 35.2 Å². The van der Waals surface area contributed by atoms with Gasteiger partial charge in [0, 0.05) is 5.69 Å². The van der Waals surface area contributed by atoms with E-state index in [9.17, 15) is 16.8 Å². The minimum atomic E-state index is -3.89. The molecule has 0 spiro atoms. The van der Waals surface area contributed by atoms with Crippen LogP contribution in [0.25, 0.3) is 0 Å². The maximum absolute atomic E-state index is 13.0. The lowest BCUT2D eigenvalue weighted by Crippen LogP contribution is -2.19. The second-order valence-corrected chi connectivity index (χ2v) is 10.5. The largest absolute Gasteiger partial charge is 0.283 e. The molecule has 0 fully saturated rings. The fourth-order valence-electron chi connectivity index (χ4n) is 3.07. The molecule has 0 aliphatic rings. The van der Waals surface area contributed by atoms with Crippen molar-refractivity contribution in [1.82, 2.24) is 0 Å². The lowest BCUT2D eigenvalue weighted by molar-refractivity contribution is 0.599. The summed E-state index contributed by atoms with van der Waals surface area (Å²) in [6, 6.07) is 8.88. The fourth-order valence-corrected chi connectivity index (χ4v) is 5.29. The highest BCUT2D eigenvalue weighted by Crippen LogP contribution is 2.32. The molecule has 0 bridgehead atoms. The van der Waals surface area contributed by atoms with Crippen molar-refractivity contribution in [1.29, 1.82) is 0 Å². The smallest absolute Gasteiger partial charge is 0.262 e. The van der Waals surface area contributed by atoms with E-state index in [0.717, 1.165) is 11.8 Å².